The molecule has 3 nitrogen and oxygen atoms in total. The normalized spacial score (nSPS) is 11.2. The lowest BCUT2D eigenvalue weighted by molar-refractivity contribution is 1.10. The number of aromatic nitrogens is 3. The van der Waals surface area contributed by atoms with Crippen molar-refractivity contribution in [3.8, 4) is 28.2 Å². The topological polar surface area (TPSA) is 30.7 Å². The molecule has 3 heteroatoms. The first-order chi connectivity index (χ1) is 15.4. The van der Waals surface area contributed by atoms with Gasteiger partial charge in [0.25, 0.3) is 0 Å². The molecular formula is C28H19N3. The summed E-state index contributed by atoms with van der Waals surface area (Å²) in [5.74, 6) is 0.943. The average Bonchev–Trinajstić information content (AvgIpc) is 3.24. The second-order valence-electron chi connectivity index (χ2n) is 7.55. The molecule has 0 N–H and O–H groups in total. The Kier molecular flexibility index (Phi) is 4.10. The fourth-order valence-corrected chi connectivity index (χ4v) is 4.21. The molecule has 2 heterocycles. The highest BCUT2D eigenvalue weighted by molar-refractivity contribution is 5.94. The summed E-state index contributed by atoms with van der Waals surface area (Å²) in [6.07, 6.45) is 1.84. The highest BCUT2D eigenvalue weighted by Crippen LogP contribution is 2.32. The van der Waals surface area contributed by atoms with Crippen molar-refractivity contribution >= 4 is 21.9 Å². The highest BCUT2D eigenvalue weighted by Gasteiger charge is 2.14. The quantitative estimate of drug-likeness (QED) is 0.325. The Bertz CT molecular complexity index is 1510. The van der Waals surface area contributed by atoms with E-state index in [2.05, 4.69) is 101 Å². The lowest BCUT2D eigenvalue weighted by atomic mass is 9.99. The van der Waals surface area contributed by atoms with E-state index >= 15 is 0 Å². The van der Waals surface area contributed by atoms with Gasteiger partial charge in [-0.3, -0.25) is 9.55 Å². The molecule has 31 heavy (non-hydrogen) atoms. The van der Waals surface area contributed by atoms with Crippen LogP contribution in [0.5, 0.6) is 0 Å². The van der Waals surface area contributed by atoms with Gasteiger partial charge in [-0.05, 0) is 47.5 Å². The van der Waals surface area contributed by atoms with E-state index in [0.29, 0.717) is 0 Å². The molecule has 2 aromatic heterocycles. The fraction of sp³-hybridized carbons (Fsp3) is 0. The molecule has 0 saturated heterocycles. The predicted molar refractivity (Wildman–Crippen MR) is 127 cm³/mol. The first kappa shape index (κ1) is 17.6. The number of para-hydroxylation sites is 3. The number of rotatable bonds is 3. The number of fused-ring (bicyclic) bond motifs is 2. The van der Waals surface area contributed by atoms with E-state index in [-0.39, 0.29) is 0 Å². The zero-order valence-corrected chi connectivity index (χ0v) is 16.8. The smallest absolute Gasteiger partial charge is 0.145 e. The van der Waals surface area contributed by atoms with Gasteiger partial charge in [-0.2, -0.15) is 0 Å². The molecule has 0 fully saturated rings. The number of nitrogens with zero attached hydrogens (tertiary/aromatic N) is 3. The monoisotopic (exact) mass is 397 g/mol. The van der Waals surface area contributed by atoms with Gasteiger partial charge in [0, 0.05) is 22.8 Å². The SMILES string of the molecule is c1ccc(-n2c(-c3ccc(-c4cccc5ncccc45)cc3)nc3ccccc32)cc1. The van der Waals surface area contributed by atoms with Gasteiger partial charge < -0.3 is 0 Å². The van der Waals surface area contributed by atoms with Crippen molar-refractivity contribution in [1.82, 2.24) is 14.5 Å². The van der Waals surface area contributed by atoms with Crippen molar-refractivity contribution in [3.05, 3.63) is 115 Å². The minimum atomic E-state index is 0.943. The second kappa shape index (κ2) is 7.22. The summed E-state index contributed by atoms with van der Waals surface area (Å²) in [6.45, 7) is 0. The van der Waals surface area contributed by atoms with E-state index in [1.807, 2.05) is 24.4 Å². The van der Waals surface area contributed by atoms with Crippen molar-refractivity contribution in [2.24, 2.45) is 0 Å². The predicted octanol–water partition coefficient (Wildman–Crippen LogP) is 6.91. The molecular weight excluding hydrogens is 378 g/mol. The highest BCUT2D eigenvalue weighted by atomic mass is 15.1. The maximum atomic E-state index is 4.96. The van der Waals surface area contributed by atoms with Gasteiger partial charge in [0.05, 0.1) is 16.6 Å². The van der Waals surface area contributed by atoms with Crippen LogP contribution >= 0.6 is 0 Å². The zero-order valence-electron chi connectivity index (χ0n) is 16.8. The van der Waals surface area contributed by atoms with Crippen molar-refractivity contribution in [2.75, 3.05) is 0 Å². The molecule has 0 unspecified atom stereocenters. The number of pyridine rings is 1. The number of hydrogen-bond donors (Lipinski definition) is 0. The largest absolute Gasteiger partial charge is 0.292 e. The van der Waals surface area contributed by atoms with Gasteiger partial charge in [-0.15, -0.1) is 0 Å². The molecule has 4 aromatic carbocycles. The third-order valence-electron chi connectivity index (χ3n) is 5.67. The van der Waals surface area contributed by atoms with Crippen LogP contribution < -0.4 is 0 Å². The van der Waals surface area contributed by atoms with Crippen LogP contribution in [0.15, 0.2) is 115 Å². The van der Waals surface area contributed by atoms with Crippen LogP contribution in [0.3, 0.4) is 0 Å². The molecule has 0 bridgehead atoms. The van der Waals surface area contributed by atoms with Gasteiger partial charge in [0.15, 0.2) is 0 Å². The van der Waals surface area contributed by atoms with Crippen LogP contribution in [0, 0.1) is 0 Å². The Morgan fingerprint density at radius 2 is 1.29 bits per heavy atom. The molecule has 0 spiro atoms. The van der Waals surface area contributed by atoms with Crippen LogP contribution in [0.4, 0.5) is 0 Å². The Morgan fingerprint density at radius 3 is 2.16 bits per heavy atom. The van der Waals surface area contributed by atoms with Gasteiger partial charge >= 0.3 is 0 Å². The Labute approximate surface area is 180 Å². The van der Waals surface area contributed by atoms with Gasteiger partial charge in [0.1, 0.15) is 5.82 Å². The van der Waals surface area contributed by atoms with Crippen molar-refractivity contribution in [3.63, 3.8) is 0 Å². The summed E-state index contributed by atoms with van der Waals surface area (Å²) >= 11 is 0. The lowest BCUT2D eigenvalue weighted by Gasteiger charge is -2.11. The average molecular weight is 397 g/mol. The summed E-state index contributed by atoms with van der Waals surface area (Å²) in [5.41, 5.74) is 7.66. The Morgan fingerprint density at radius 1 is 0.548 bits per heavy atom. The molecule has 6 aromatic rings. The maximum Gasteiger partial charge on any atom is 0.145 e. The summed E-state index contributed by atoms with van der Waals surface area (Å²) in [7, 11) is 0. The molecule has 0 aliphatic carbocycles. The minimum Gasteiger partial charge on any atom is -0.292 e. The fourth-order valence-electron chi connectivity index (χ4n) is 4.21. The van der Waals surface area contributed by atoms with Crippen molar-refractivity contribution in [2.45, 2.75) is 0 Å². The molecule has 0 aliphatic heterocycles. The minimum absolute atomic E-state index is 0.943. The third kappa shape index (κ3) is 2.99. The van der Waals surface area contributed by atoms with Crippen LogP contribution in [-0.2, 0) is 0 Å². The Balaban J connectivity index is 1.51. The standard InChI is InChI=1S/C28H19N3/c1-2-8-22(9-3-1)31-27-14-5-4-12-26(27)30-28(31)21-17-15-20(16-18-21)23-10-6-13-25-24(23)11-7-19-29-25/h1-19H. The maximum absolute atomic E-state index is 4.96. The first-order valence-electron chi connectivity index (χ1n) is 10.4. The van der Waals surface area contributed by atoms with Crippen molar-refractivity contribution in [1.29, 1.82) is 0 Å². The third-order valence-corrected chi connectivity index (χ3v) is 5.67. The summed E-state index contributed by atoms with van der Waals surface area (Å²) < 4.78 is 2.23. The molecule has 6 rings (SSSR count). The van der Waals surface area contributed by atoms with E-state index in [4.69, 9.17) is 4.98 Å². The van der Waals surface area contributed by atoms with Crippen LogP contribution in [0.25, 0.3) is 50.1 Å². The number of benzene rings is 4. The Hall–Kier alpha value is -4.24. The molecule has 0 radical (unpaired) electrons. The lowest BCUT2D eigenvalue weighted by Crippen LogP contribution is -1.97. The molecule has 0 saturated carbocycles. The van der Waals surface area contributed by atoms with Gasteiger partial charge in [-0.1, -0.05) is 72.8 Å². The van der Waals surface area contributed by atoms with E-state index in [0.717, 1.165) is 39.0 Å². The first-order valence-corrected chi connectivity index (χ1v) is 10.4. The van der Waals surface area contributed by atoms with E-state index in [1.54, 1.807) is 0 Å². The molecule has 0 atom stereocenters. The summed E-state index contributed by atoms with van der Waals surface area (Å²) in [6, 6.07) is 37.7. The number of hydrogen-bond acceptors (Lipinski definition) is 2. The summed E-state index contributed by atoms with van der Waals surface area (Å²) in [4.78, 5) is 9.45. The van der Waals surface area contributed by atoms with Crippen LogP contribution in [-0.4, -0.2) is 14.5 Å². The molecule has 0 amide bonds. The van der Waals surface area contributed by atoms with E-state index in [9.17, 15) is 0 Å². The summed E-state index contributed by atoms with van der Waals surface area (Å²) in [5, 5.41) is 1.16. The zero-order chi connectivity index (χ0) is 20.6. The molecule has 146 valence electrons. The van der Waals surface area contributed by atoms with E-state index < -0.39 is 0 Å². The van der Waals surface area contributed by atoms with E-state index in [1.165, 1.54) is 11.1 Å². The van der Waals surface area contributed by atoms with Gasteiger partial charge in [-0.25, -0.2) is 4.98 Å². The van der Waals surface area contributed by atoms with Crippen molar-refractivity contribution < 1.29 is 0 Å². The van der Waals surface area contributed by atoms with Crippen LogP contribution in [0.1, 0.15) is 0 Å². The second-order valence-corrected chi connectivity index (χ2v) is 7.55. The molecule has 0 aliphatic rings. The number of imidazole rings is 1. The van der Waals surface area contributed by atoms with Crippen LogP contribution in [0.2, 0.25) is 0 Å². The van der Waals surface area contributed by atoms with Gasteiger partial charge in [0.2, 0.25) is 0 Å².